The monoisotopic (exact) mass is 209 g/mol. The van der Waals surface area contributed by atoms with Crippen LogP contribution in [0.3, 0.4) is 0 Å². The molecule has 0 saturated carbocycles. The molecule has 1 heterocycles. The number of hydrogen-bond acceptors (Lipinski definition) is 3. The standard InChI is InChI=1S/C9H4FNS2/c10-8-5(3-11)1-2-6-7(12)4-13-9(6)8/h1-2,4,12H. The highest BCUT2D eigenvalue weighted by Gasteiger charge is 2.09. The van der Waals surface area contributed by atoms with Crippen LogP contribution in [0.1, 0.15) is 5.56 Å². The Kier molecular flexibility index (Phi) is 1.98. The van der Waals surface area contributed by atoms with Crippen LogP contribution in [0.25, 0.3) is 10.1 Å². The van der Waals surface area contributed by atoms with Gasteiger partial charge in [0.25, 0.3) is 0 Å². The Morgan fingerprint density at radius 3 is 2.92 bits per heavy atom. The van der Waals surface area contributed by atoms with E-state index >= 15 is 0 Å². The minimum absolute atomic E-state index is 0.0858. The van der Waals surface area contributed by atoms with Gasteiger partial charge in [-0.05, 0) is 6.07 Å². The fourth-order valence-corrected chi connectivity index (χ4v) is 2.43. The van der Waals surface area contributed by atoms with Gasteiger partial charge in [0.15, 0.2) is 5.82 Å². The second-order valence-electron chi connectivity index (χ2n) is 2.54. The second-order valence-corrected chi connectivity index (χ2v) is 3.90. The summed E-state index contributed by atoms with van der Waals surface area (Å²) in [7, 11) is 0. The zero-order valence-electron chi connectivity index (χ0n) is 6.41. The average Bonchev–Trinajstić information content (AvgIpc) is 2.50. The molecule has 0 N–H and O–H groups in total. The molecule has 0 aliphatic carbocycles. The van der Waals surface area contributed by atoms with Crippen molar-refractivity contribution in [1.82, 2.24) is 0 Å². The fraction of sp³-hybridized carbons (Fsp3) is 0. The molecule has 0 saturated heterocycles. The molecule has 0 spiro atoms. The number of nitriles is 1. The molecule has 0 aliphatic rings. The molecule has 0 aliphatic heterocycles. The van der Waals surface area contributed by atoms with E-state index in [2.05, 4.69) is 12.6 Å². The first-order chi connectivity index (χ1) is 6.24. The van der Waals surface area contributed by atoms with Crippen molar-refractivity contribution in [2.75, 3.05) is 0 Å². The largest absolute Gasteiger partial charge is 0.204 e. The molecule has 2 aromatic rings. The van der Waals surface area contributed by atoms with Crippen LogP contribution in [0.4, 0.5) is 4.39 Å². The van der Waals surface area contributed by atoms with E-state index < -0.39 is 5.82 Å². The zero-order chi connectivity index (χ0) is 9.42. The van der Waals surface area contributed by atoms with Crippen molar-refractivity contribution in [1.29, 1.82) is 5.26 Å². The molecule has 1 nitrogen and oxygen atoms in total. The van der Waals surface area contributed by atoms with E-state index in [1.165, 1.54) is 17.4 Å². The summed E-state index contributed by atoms with van der Waals surface area (Å²) < 4.78 is 13.9. The van der Waals surface area contributed by atoms with Gasteiger partial charge in [-0.1, -0.05) is 6.07 Å². The molecule has 0 radical (unpaired) electrons. The Bertz CT molecular complexity index is 510. The summed E-state index contributed by atoms with van der Waals surface area (Å²) >= 11 is 5.44. The van der Waals surface area contributed by atoms with Gasteiger partial charge in [-0.2, -0.15) is 5.26 Å². The Balaban J connectivity index is 2.90. The topological polar surface area (TPSA) is 23.8 Å². The fourth-order valence-electron chi connectivity index (χ4n) is 1.14. The third-order valence-electron chi connectivity index (χ3n) is 1.78. The maximum Gasteiger partial charge on any atom is 0.158 e. The van der Waals surface area contributed by atoms with Gasteiger partial charge in [0, 0.05) is 15.7 Å². The average molecular weight is 209 g/mol. The van der Waals surface area contributed by atoms with Gasteiger partial charge in [0.05, 0.1) is 10.3 Å². The lowest BCUT2D eigenvalue weighted by Gasteiger charge is -1.94. The van der Waals surface area contributed by atoms with Crippen LogP contribution < -0.4 is 0 Å². The number of nitrogens with zero attached hydrogens (tertiary/aromatic N) is 1. The van der Waals surface area contributed by atoms with Crippen molar-refractivity contribution >= 4 is 34.1 Å². The predicted molar refractivity (Wildman–Crippen MR) is 53.8 cm³/mol. The number of thiol groups is 1. The SMILES string of the molecule is N#Cc1ccc2c(S)csc2c1F. The Hall–Kier alpha value is -1.05. The van der Waals surface area contributed by atoms with Gasteiger partial charge in [-0.15, -0.1) is 24.0 Å². The molecule has 0 atom stereocenters. The van der Waals surface area contributed by atoms with E-state index in [0.717, 1.165) is 10.3 Å². The van der Waals surface area contributed by atoms with Crippen molar-refractivity contribution in [2.24, 2.45) is 0 Å². The highest BCUT2D eigenvalue weighted by molar-refractivity contribution is 7.80. The molecule has 2 rings (SSSR count). The Morgan fingerprint density at radius 1 is 1.46 bits per heavy atom. The summed E-state index contributed by atoms with van der Waals surface area (Å²) in [6.45, 7) is 0. The van der Waals surface area contributed by atoms with Gasteiger partial charge >= 0.3 is 0 Å². The van der Waals surface area contributed by atoms with Crippen molar-refractivity contribution in [3.63, 3.8) is 0 Å². The van der Waals surface area contributed by atoms with Gasteiger partial charge in [0.1, 0.15) is 6.07 Å². The molecule has 0 bridgehead atoms. The zero-order valence-corrected chi connectivity index (χ0v) is 8.12. The normalized spacial score (nSPS) is 10.2. The molecule has 1 aromatic heterocycles. The number of benzene rings is 1. The summed E-state index contributed by atoms with van der Waals surface area (Å²) in [6.07, 6.45) is 0. The van der Waals surface area contributed by atoms with Crippen LogP contribution in [0.2, 0.25) is 0 Å². The smallest absolute Gasteiger partial charge is 0.158 e. The summed E-state index contributed by atoms with van der Waals surface area (Å²) in [5.41, 5.74) is 0.0858. The van der Waals surface area contributed by atoms with E-state index in [4.69, 9.17) is 5.26 Å². The third kappa shape index (κ3) is 1.21. The quantitative estimate of drug-likeness (QED) is 0.662. The van der Waals surface area contributed by atoms with E-state index in [-0.39, 0.29) is 5.56 Å². The van der Waals surface area contributed by atoms with E-state index in [1.54, 1.807) is 17.5 Å². The lowest BCUT2D eigenvalue weighted by Crippen LogP contribution is -1.81. The molecule has 1 aromatic carbocycles. The first kappa shape index (κ1) is 8.54. The molecule has 64 valence electrons. The minimum atomic E-state index is -0.440. The van der Waals surface area contributed by atoms with Crippen molar-refractivity contribution in [3.8, 4) is 6.07 Å². The second kappa shape index (κ2) is 3.02. The molecule has 0 amide bonds. The van der Waals surface area contributed by atoms with Crippen molar-refractivity contribution in [2.45, 2.75) is 4.90 Å². The highest BCUT2D eigenvalue weighted by Crippen LogP contribution is 2.31. The first-order valence-corrected chi connectivity index (χ1v) is 4.85. The van der Waals surface area contributed by atoms with Crippen LogP contribution in [-0.4, -0.2) is 0 Å². The van der Waals surface area contributed by atoms with Crippen molar-refractivity contribution < 1.29 is 4.39 Å². The Morgan fingerprint density at radius 2 is 2.23 bits per heavy atom. The number of thiophene rings is 1. The molecule has 0 unspecified atom stereocenters. The maximum absolute atomic E-state index is 13.4. The number of rotatable bonds is 0. The van der Waals surface area contributed by atoms with Gasteiger partial charge in [-0.3, -0.25) is 0 Å². The molecule has 0 fully saturated rings. The van der Waals surface area contributed by atoms with Crippen LogP contribution in [0, 0.1) is 17.1 Å². The molecular formula is C9H4FNS2. The lowest BCUT2D eigenvalue weighted by atomic mass is 10.2. The minimum Gasteiger partial charge on any atom is -0.204 e. The van der Waals surface area contributed by atoms with Crippen LogP contribution in [-0.2, 0) is 0 Å². The highest BCUT2D eigenvalue weighted by atomic mass is 32.1. The van der Waals surface area contributed by atoms with Crippen LogP contribution in [0.15, 0.2) is 22.4 Å². The van der Waals surface area contributed by atoms with E-state index in [9.17, 15) is 4.39 Å². The summed E-state index contributed by atoms with van der Waals surface area (Å²) in [6, 6.07) is 5.00. The van der Waals surface area contributed by atoms with Gasteiger partial charge in [-0.25, -0.2) is 4.39 Å². The Labute approximate surface area is 83.8 Å². The molecule has 13 heavy (non-hydrogen) atoms. The van der Waals surface area contributed by atoms with Crippen LogP contribution in [0.5, 0.6) is 0 Å². The maximum atomic E-state index is 13.4. The van der Waals surface area contributed by atoms with E-state index in [1.807, 2.05) is 0 Å². The lowest BCUT2D eigenvalue weighted by molar-refractivity contribution is 0.638. The molecular weight excluding hydrogens is 205 g/mol. The van der Waals surface area contributed by atoms with Gasteiger partial charge in [0.2, 0.25) is 0 Å². The van der Waals surface area contributed by atoms with Crippen LogP contribution >= 0.6 is 24.0 Å². The number of fused-ring (bicyclic) bond motifs is 1. The third-order valence-corrected chi connectivity index (χ3v) is 3.31. The predicted octanol–water partition coefficient (Wildman–Crippen LogP) is 3.20. The van der Waals surface area contributed by atoms with Crippen molar-refractivity contribution in [3.05, 3.63) is 28.9 Å². The van der Waals surface area contributed by atoms with E-state index in [0.29, 0.717) is 4.70 Å². The van der Waals surface area contributed by atoms with Gasteiger partial charge < -0.3 is 0 Å². The number of hydrogen-bond donors (Lipinski definition) is 1. The summed E-state index contributed by atoms with van der Waals surface area (Å²) in [5.74, 6) is -0.440. The molecule has 4 heteroatoms. The number of halogens is 1. The first-order valence-electron chi connectivity index (χ1n) is 3.53. The summed E-state index contributed by atoms with van der Waals surface area (Å²) in [4.78, 5) is 0.753. The summed E-state index contributed by atoms with van der Waals surface area (Å²) in [5, 5.41) is 11.1.